The van der Waals surface area contributed by atoms with Gasteiger partial charge in [0.05, 0.1) is 24.8 Å². The molecular formula is C20H21NO4. The normalized spacial score (nSPS) is 24.6. The molecule has 5 nitrogen and oxygen atoms in total. The van der Waals surface area contributed by atoms with E-state index >= 15 is 0 Å². The van der Waals surface area contributed by atoms with Gasteiger partial charge in [-0.15, -0.1) is 0 Å². The molecule has 2 aromatic carbocycles. The molecule has 0 bridgehead atoms. The maximum absolute atomic E-state index is 11.1. The molecule has 1 unspecified atom stereocenters. The predicted molar refractivity (Wildman–Crippen MR) is 94.2 cm³/mol. The Morgan fingerprint density at radius 2 is 2.04 bits per heavy atom. The van der Waals surface area contributed by atoms with Crippen LogP contribution in [0.15, 0.2) is 42.5 Å². The highest BCUT2D eigenvalue weighted by atomic mass is 16.5. The first-order valence-electron chi connectivity index (χ1n) is 8.56. The van der Waals surface area contributed by atoms with Crippen molar-refractivity contribution < 1.29 is 19.4 Å². The monoisotopic (exact) mass is 339 g/mol. The summed E-state index contributed by atoms with van der Waals surface area (Å²) in [5.41, 5.74) is 3.59. The predicted octanol–water partition coefficient (Wildman–Crippen LogP) is 4.03. The highest BCUT2D eigenvalue weighted by Gasteiger charge is 2.39. The Morgan fingerprint density at radius 1 is 1.24 bits per heavy atom. The van der Waals surface area contributed by atoms with E-state index in [4.69, 9.17) is 14.6 Å². The van der Waals surface area contributed by atoms with Crippen molar-refractivity contribution in [3.05, 3.63) is 59.2 Å². The van der Waals surface area contributed by atoms with Gasteiger partial charge in [-0.05, 0) is 48.7 Å². The molecule has 130 valence electrons. The Balaban J connectivity index is 1.72. The molecule has 5 heteroatoms. The zero-order valence-electron chi connectivity index (χ0n) is 14.1. The molecule has 1 saturated heterocycles. The van der Waals surface area contributed by atoms with Gasteiger partial charge in [0.25, 0.3) is 0 Å². The van der Waals surface area contributed by atoms with Crippen LogP contribution in [0, 0.1) is 5.92 Å². The van der Waals surface area contributed by atoms with E-state index in [0.29, 0.717) is 11.5 Å². The minimum atomic E-state index is -0.903. The summed E-state index contributed by atoms with van der Waals surface area (Å²) in [7, 11) is 1.67. The van der Waals surface area contributed by atoms with Gasteiger partial charge in [0, 0.05) is 23.8 Å². The fourth-order valence-electron chi connectivity index (χ4n) is 3.94. The number of benzene rings is 2. The Kier molecular flexibility index (Phi) is 4.09. The van der Waals surface area contributed by atoms with Crippen molar-refractivity contribution in [1.82, 2.24) is 0 Å². The van der Waals surface area contributed by atoms with E-state index in [9.17, 15) is 4.79 Å². The number of carboxylic acids is 1. The lowest BCUT2D eigenvalue weighted by Gasteiger charge is -2.43. The minimum Gasteiger partial charge on any atom is -0.497 e. The van der Waals surface area contributed by atoms with Gasteiger partial charge in [-0.25, -0.2) is 4.79 Å². The molecule has 2 aliphatic rings. The third-order valence-electron chi connectivity index (χ3n) is 5.19. The van der Waals surface area contributed by atoms with Gasteiger partial charge in [-0.2, -0.15) is 0 Å². The second kappa shape index (κ2) is 6.41. The Morgan fingerprint density at radius 3 is 2.76 bits per heavy atom. The molecule has 25 heavy (non-hydrogen) atoms. The van der Waals surface area contributed by atoms with Crippen molar-refractivity contribution in [1.29, 1.82) is 0 Å². The highest BCUT2D eigenvalue weighted by Crippen LogP contribution is 2.49. The molecule has 1 fully saturated rings. The molecule has 0 radical (unpaired) electrons. The van der Waals surface area contributed by atoms with E-state index in [2.05, 4.69) is 11.4 Å². The SMILES string of the molecule is COc1ccc2c(c1)[C@H]1OCCC[C@H]1C(c1ccc(C(=O)O)cc1)N2. The average molecular weight is 339 g/mol. The zero-order valence-corrected chi connectivity index (χ0v) is 14.1. The highest BCUT2D eigenvalue weighted by molar-refractivity contribution is 5.87. The third kappa shape index (κ3) is 2.85. The molecule has 2 N–H and O–H groups in total. The third-order valence-corrected chi connectivity index (χ3v) is 5.19. The summed E-state index contributed by atoms with van der Waals surface area (Å²) < 4.78 is 11.5. The van der Waals surface area contributed by atoms with Crippen LogP contribution in [0.1, 0.15) is 46.5 Å². The summed E-state index contributed by atoms with van der Waals surface area (Å²) in [5.74, 6) is 0.237. The lowest BCUT2D eigenvalue weighted by molar-refractivity contribution is -0.0382. The number of methoxy groups -OCH3 is 1. The summed E-state index contributed by atoms with van der Waals surface area (Å²) in [6.45, 7) is 0.766. The number of ether oxygens (including phenoxy) is 2. The number of aromatic carboxylic acids is 1. The van der Waals surface area contributed by atoms with Gasteiger partial charge < -0.3 is 19.9 Å². The van der Waals surface area contributed by atoms with Crippen molar-refractivity contribution in [3.63, 3.8) is 0 Å². The summed E-state index contributed by atoms with van der Waals surface area (Å²) in [4.78, 5) is 11.1. The van der Waals surface area contributed by atoms with Gasteiger partial charge in [0.1, 0.15) is 5.75 Å². The summed E-state index contributed by atoms with van der Waals surface area (Å²) in [6, 6.07) is 13.3. The smallest absolute Gasteiger partial charge is 0.335 e. The Labute approximate surface area is 146 Å². The number of hydrogen-bond donors (Lipinski definition) is 2. The van der Waals surface area contributed by atoms with Crippen molar-refractivity contribution in [2.45, 2.75) is 25.0 Å². The van der Waals surface area contributed by atoms with Crippen molar-refractivity contribution >= 4 is 11.7 Å². The van der Waals surface area contributed by atoms with Crippen LogP contribution in [0.25, 0.3) is 0 Å². The first-order valence-corrected chi connectivity index (χ1v) is 8.56. The van der Waals surface area contributed by atoms with E-state index in [0.717, 1.165) is 42.0 Å². The second-order valence-corrected chi connectivity index (χ2v) is 6.60. The van der Waals surface area contributed by atoms with Gasteiger partial charge in [0.2, 0.25) is 0 Å². The molecule has 0 amide bonds. The lowest BCUT2D eigenvalue weighted by Crippen LogP contribution is -2.36. The number of hydrogen-bond acceptors (Lipinski definition) is 4. The van der Waals surface area contributed by atoms with E-state index < -0.39 is 5.97 Å². The first kappa shape index (κ1) is 16.0. The minimum absolute atomic E-state index is 0.0317. The molecule has 4 rings (SSSR count). The fourth-order valence-corrected chi connectivity index (χ4v) is 3.94. The number of fused-ring (bicyclic) bond motifs is 3. The average Bonchev–Trinajstić information content (AvgIpc) is 2.67. The number of carboxylic acid groups (broad SMARTS) is 1. The van der Waals surface area contributed by atoms with Crippen LogP contribution >= 0.6 is 0 Å². The quantitative estimate of drug-likeness (QED) is 0.884. The van der Waals surface area contributed by atoms with Crippen molar-refractivity contribution in [2.24, 2.45) is 5.92 Å². The lowest BCUT2D eigenvalue weighted by atomic mass is 9.77. The number of anilines is 1. The standard InChI is InChI=1S/C20H21NO4/c1-24-14-8-9-17-16(11-14)19-15(3-2-10-25-19)18(21-17)12-4-6-13(7-5-12)20(22)23/h4-9,11,15,18-19,21H,2-3,10H2,1H3,(H,22,23)/t15-,18?,19-/m0/s1. The molecule has 0 aromatic heterocycles. The number of rotatable bonds is 3. The number of nitrogens with one attached hydrogen (secondary N) is 1. The molecule has 0 aliphatic carbocycles. The topological polar surface area (TPSA) is 67.8 Å². The maximum Gasteiger partial charge on any atom is 0.335 e. The van der Waals surface area contributed by atoms with Crippen molar-refractivity contribution in [2.75, 3.05) is 19.0 Å². The van der Waals surface area contributed by atoms with E-state index in [1.54, 1.807) is 19.2 Å². The summed E-state index contributed by atoms with van der Waals surface area (Å²) >= 11 is 0. The van der Waals surface area contributed by atoms with Gasteiger partial charge >= 0.3 is 5.97 Å². The molecule has 2 heterocycles. The van der Waals surface area contributed by atoms with Gasteiger partial charge in [-0.3, -0.25) is 0 Å². The van der Waals surface area contributed by atoms with E-state index in [-0.39, 0.29) is 12.1 Å². The van der Waals surface area contributed by atoms with Crippen LogP contribution in [0.5, 0.6) is 5.75 Å². The molecule has 2 aromatic rings. The van der Waals surface area contributed by atoms with Crippen LogP contribution in [-0.2, 0) is 4.74 Å². The zero-order chi connectivity index (χ0) is 17.4. The molecular weight excluding hydrogens is 318 g/mol. The largest absolute Gasteiger partial charge is 0.497 e. The van der Waals surface area contributed by atoms with Crippen LogP contribution in [0.3, 0.4) is 0 Å². The fraction of sp³-hybridized carbons (Fsp3) is 0.350. The molecule has 0 spiro atoms. The van der Waals surface area contributed by atoms with Crippen LogP contribution in [-0.4, -0.2) is 24.8 Å². The summed E-state index contributed by atoms with van der Waals surface area (Å²) in [6.07, 6.45) is 2.13. The molecule has 2 aliphatic heterocycles. The first-order chi connectivity index (χ1) is 12.2. The van der Waals surface area contributed by atoms with Crippen molar-refractivity contribution in [3.8, 4) is 5.75 Å². The second-order valence-electron chi connectivity index (χ2n) is 6.60. The number of carbonyl (C=O) groups is 1. The van der Waals surface area contributed by atoms with E-state index in [1.807, 2.05) is 24.3 Å². The van der Waals surface area contributed by atoms with Gasteiger partial charge in [0.15, 0.2) is 0 Å². The molecule has 0 saturated carbocycles. The van der Waals surface area contributed by atoms with E-state index in [1.165, 1.54) is 0 Å². The molecule has 3 atom stereocenters. The van der Waals surface area contributed by atoms with Crippen LogP contribution in [0.4, 0.5) is 5.69 Å². The Bertz CT molecular complexity index is 787. The van der Waals surface area contributed by atoms with Gasteiger partial charge in [-0.1, -0.05) is 12.1 Å². The maximum atomic E-state index is 11.1. The van der Waals surface area contributed by atoms with Crippen LogP contribution in [0.2, 0.25) is 0 Å². The van der Waals surface area contributed by atoms with Crippen LogP contribution < -0.4 is 10.1 Å². The summed E-state index contributed by atoms with van der Waals surface area (Å²) in [5, 5.41) is 12.7. The Hall–Kier alpha value is -2.53.